The number of imidazole rings is 1. The van der Waals surface area contributed by atoms with Crippen molar-refractivity contribution in [2.24, 2.45) is 0 Å². The molecule has 0 radical (unpaired) electrons. The summed E-state index contributed by atoms with van der Waals surface area (Å²) in [6.07, 6.45) is 0. The molecule has 118 valence electrons. The number of para-hydroxylation sites is 2. The fourth-order valence-electron chi connectivity index (χ4n) is 2.49. The molecule has 0 saturated carbocycles. The second-order valence-electron chi connectivity index (χ2n) is 5.50. The van der Waals surface area contributed by atoms with E-state index >= 15 is 0 Å². The van der Waals surface area contributed by atoms with Gasteiger partial charge in [-0.2, -0.15) is 0 Å². The first kappa shape index (κ1) is 15.9. The van der Waals surface area contributed by atoms with Crippen LogP contribution >= 0.6 is 23.2 Å². The molecular weight excluding hydrogens is 331 g/mol. The number of fused-ring (bicyclic) bond motifs is 1. The number of ether oxygens (including phenoxy) is 1. The van der Waals surface area contributed by atoms with Crippen molar-refractivity contribution in [3.63, 3.8) is 0 Å². The summed E-state index contributed by atoms with van der Waals surface area (Å²) in [5.41, 5.74) is 3.26. The van der Waals surface area contributed by atoms with Gasteiger partial charge in [-0.1, -0.05) is 41.9 Å². The number of rotatable bonds is 5. The maximum atomic E-state index is 6.16. The van der Waals surface area contributed by atoms with Crippen LogP contribution in [-0.2, 0) is 13.2 Å². The minimum absolute atomic E-state index is 0.378. The van der Waals surface area contributed by atoms with Crippen LogP contribution in [0.3, 0.4) is 0 Å². The van der Waals surface area contributed by atoms with Gasteiger partial charge in [-0.25, -0.2) is 9.55 Å². The van der Waals surface area contributed by atoms with Crippen molar-refractivity contribution in [1.29, 1.82) is 0 Å². The molecule has 0 aliphatic carbocycles. The quantitative estimate of drug-likeness (QED) is 0.515. The van der Waals surface area contributed by atoms with Crippen LogP contribution in [0.15, 0.2) is 54.6 Å². The second-order valence-corrected chi connectivity index (χ2v) is 6.34. The van der Waals surface area contributed by atoms with Crippen LogP contribution in [0.1, 0.15) is 12.7 Å². The Kier molecular flexibility index (Phi) is 4.60. The molecule has 0 amide bonds. The van der Waals surface area contributed by atoms with E-state index in [4.69, 9.17) is 27.9 Å². The van der Waals surface area contributed by atoms with E-state index in [1.807, 2.05) is 25.1 Å². The van der Waals surface area contributed by atoms with Crippen molar-refractivity contribution in [1.82, 2.24) is 4.98 Å². The van der Waals surface area contributed by atoms with Gasteiger partial charge in [0.05, 0.1) is 5.02 Å². The number of hydrogen-bond acceptors (Lipinski definition) is 1. The number of allylic oxidation sites excluding steroid dienone is 1. The van der Waals surface area contributed by atoms with Crippen LogP contribution in [0.5, 0.6) is 5.75 Å². The maximum absolute atomic E-state index is 6.16. The summed E-state index contributed by atoms with van der Waals surface area (Å²) >= 11 is 12.1. The molecule has 2 aromatic carbocycles. The highest BCUT2D eigenvalue weighted by Gasteiger charge is 2.19. The second kappa shape index (κ2) is 6.65. The van der Waals surface area contributed by atoms with E-state index in [1.54, 1.807) is 18.2 Å². The molecule has 1 aromatic heterocycles. The monoisotopic (exact) mass is 347 g/mol. The van der Waals surface area contributed by atoms with Crippen molar-refractivity contribution in [2.75, 3.05) is 0 Å². The van der Waals surface area contributed by atoms with E-state index in [9.17, 15) is 0 Å². The molecule has 3 rings (SSSR count). The van der Waals surface area contributed by atoms with Crippen LogP contribution < -0.4 is 9.30 Å². The van der Waals surface area contributed by atoms with E-state index in [0.29, 0.717) is 22.4 Å². The average Bonchev–Trinajstić information content (AvgIpc) is 2.84. The number of hydrogen-bond donors (Lipinski definition) is 1. The zero-order valence-electron chi connectivity index (χ0n) is 12.8. The van der Waals surface area contributed by atoms with Crippen molar-refractivity contribution in [2.45, 2.75) is 20.1 Å². The van der Waals surface area contributed by atoms with Gasteiger partial charge >= 0.3 is 0 Å². The van der Waals surface area contributed by atoms with E-state index in [2.05, 4.69) is 22.2 Å². The third-order valence-electron chi connectivity index (χ3n) is 3.49. The number of aromatic amines is 1. The number of H-pyrrole nitrogens is 1. The van der Waals surface area contributed by atoms with Crippen molar-refractivity contribution < 1.29 is 9.30 Å². The van der Waals surface area contributed by atoms with E-state index in [-0.39, 0.29) is 0 Å². The molecule has 23 heavy (non-hydrogen) atoms. The molecule has 0 aliphatic rings. The minimum atomic E-state index is 0.378. The topological polar surface area (TPSA) is 28.9 Å². The summed E-state index contributed by atoms with van der Waals surface area (Å²) < 4.78 is 8.03. The summed E-state index contributed by atoms with van der Waals surface area (Å²) in [5, 5.41) is 1.09. The summed E-state index contributed by atoms with van der Waals surface area (Å²) in [6, 6.07) is 13.4. The zero-order valence-corrected chi connectivity index (χ0v) is 14.3. The van der Waals surface area contributed by atoms with E-state index < -0.39 is 0 Å². The lowest BCUT2D eigenvalue weighted by Gasteiger charge is -2.07. The third kappa shape index (κ3) is 3.52. The Morgan fingerprint density at radius 3 is 2.74 bits per heavy atom. The molecule has 0 saturated heterocycles. The highest BCUT2D eigenvalue weighted by molar-refractivity contribution is 6.35. The molecular formula is C18H17Cl2N2O+. The van der Waals surface area contributed by atoms with Gasteiger partial charge in [-0.15, -0.1) is 0 Å². The molecule has 1 N–H and O–H groups in total. The van der Waals surface area contributed by atoms with Gasteiger partial charge in [0.25, 0.3) is 5.82 Å². The predicted octanol–water partition coefficient (Wildman–Crippen LogP) is 4.92. The van der Waals surface area contributed by atoms with Crippen LogP contribution in [0.4, 0.5) is 0 Å². The summed E-state index contributed by atoms with van der Waals surface area (Å²) in [4.78, 5) is 3.40. The smallest absolute Gasteiger partial charge is 0.294 e. The van der Waals surface area contributed by atoms with Crippen LogP contribution in [0.2, 0.25) is 10.0 Å². The normalized spacial score (nSPS) is 10.9. The van der Waals surface area contributed by atoms with E-state index in [0.717, 1.165) is 29.0 Å². The predicted molar refractivity (Wildman–Crippen MR) is 94.1 cm³/mol. The zero-order chi connectivity index (χ0) is 16.4. The molecule has 0 bridgehead atoms. The first-order valence-corrected chi connectivity index (χ1v) is 8.02. The SMILES string of the molecule is C=C(C)C[n+]1c(COc2ccc(Cl)cc2Cl)[nH]c2ccccc21. The van der Waals surface area contributed by atoms with Crippen LogP contribution in [0.25, 0.3) is 11.0 Å². The Morgan fingerprint density at radius 1 is 1.22 bits per heavy atom. The van der Waals surface area contributed by atoms with Gasteiger partial charge in [-0.05, 0) is 42.8 Å². The molecule has 0 unspecified atom stereocenters. The van der Waals surface area contributed by atoms with Gasteiger partial charge in [0.15, 0.2) is 17.6 Å². The average molecular weight is 348 g/mol. The number of benzene rings is 2. The fourth-order valence-corrected chi connectivity index (χ4v) is 2.95. The molecule has 0 spiro atoms. The number of nitrogens with one attached hydrogen (secondary N) is 1. The molecule has 3 nitrogen and oxygen atoms in total. The molecule has 0 aliphatic heterocycles. The summed E-state index contributed by atoms with van der Waals surface area (Å²) in [6.45, 7) is 7.13. The summed E-state index contributed by atoms with van der Waals surface area (Å²) in [5.74, 6) is 1.57. The van der Waals surface area contributed by atoms with Crippen LogP contribution in [-0.4, -0.2) is 4.98 Å². The van der Waals surface area contributed by atoms with Gasteiger partial charge in [0.2, 0.25) is 0 Å². The molecule has 0 atom stereocenters. The number of halogens is 2. The molecule has 0 fully saturated rings. The lowest BCUT2D eigenvalue weighted by molar-refractivity contribution is -0.672. The molecule has 5 heteroatoms. The van der Waals surface area contributed by atoms with Gasteiger partial charge in [0.1, 0.15) is 12.3 Å². The first-order chi connectivity index (χ1) is 11.0. The highest BCUT2D eigenvalue weighted by Crippen LogP contribution is 2.28. The maximum Gasteiger partial charge on any atom is 0.294 e. The first-order valence-electron chi connectivity index (χ1n) is 7.26. The Labute approximate surface area is 145 Å². The van der Waals surface area contributed by atoms with Gasteiger partial charge in [0, 0.05) is 5.02 Å². The molecule has 3 aromatic rings. The molecule has 1 heterocycles. The fraction of sp³-hybridized carbons (Fsp3) is 0.167. The lowest BCUT2D eigenvalue weighted by Crippen LogP contribution is -2.38. The Hall–Kier alpha value is -1.97. The van der Waals surface area contributed by atoms with Gasteiger partial charge < -0.3 is 4.74 Å². The largest absolute Gasteiger partial charge is 0.479 e. The highest BCUT2D eigenvalue weighted by atomic mass is 35.5. The van der Waals surface area contributed by atoms with Gasteiger partial charge in [-0.3, -0.25) is 0 Å². The lowest BCUT2D eigenvalue weighted by atomic mass is 10.3. The standard InChI is InChI=1S/C18H16Cl2N2O/c1-12(2)10-22-16-6-4-3-5-15(16)21-18(22)11-23-17-8-7-13(19)9-14(17)20/h3-9H,1,10-11H2,2H3/p+1. The van der Waals surface area contributed by atoms with E-state index in [1.165, 1.54) is 0 Å². The van der Waals surface area contributed by atoms with Crippen LogP contribution in [0, 0.1) is 0 Å². The van der Waals surface area contributed by atoms with Crippen molar-refractivity contribution >= 4 is 34.2 Å². The Balaban J connectivity index is 1.91. The Bertz CT molecular complexity index is 871. The van der Waals surface area contributed by atoms with Crippen molar-refractivity contribution in [3.05, 3.63) is 70.5 Å². The third-order valence-corrected chi connectivity index (χ3v) is 4.02. The summed E-state index contributed by atoms with van der Waals surface area (Å²) in [7, 11) is 0. The van der Waals surface area contributed by atoms with Crippen molar-refractivity contribution in [3.8, 4) is 5.75 Å². The number of nitrogens with zero attached hydrogens (tertiary/aromatic N) is 1. The number of aromatic nitrogens is 2. The Morgan fingerprint density at radius 2 is 2.00 bits per heavy atom. The minimum Gasteiger partial charge on any atom is -0.479 e.